The van der Waals surface area contributed by atoms with Crippen LogP contribution in [-0.2, 0) is 9.53 Å². The second-order valence-electron chi connectivity index (χ2n) is 2.55. The Labute approximate surface area is 64.9 Å². The van der Waals surface area contributed by atoms with Gasteiger partial charge < -0.3 is 10.1 Å². The monoisotopic (exact) mass is 161 g/mol. The second kappa shape index (κ2) is 3.67. The van der Waals surface area contributed by atoms with E-state index in [-0.39, 0.29) is 18.9 Å². The molecule has 0 aromatic heterocycles. The molecule has 0 radical (unpaired) electrons. The molecule has 1 rings (SSSR count). The van der Waals surface area contributed by atoms with E-state index < -0.39 is 12.2 Å². The standard InChI is InChI=1S/C7H12FNO2/c1-2-11-7(10)6-3-5(8)4-9-6/h5-6,9H,2-4H2,1H3/t5-,6+/m0/s1. The van der Waals surface area contributed by atoms with Gasteiger partial charge in [-0.3, -0.25) is 4.79 Å². The lowest BCUT2D eigenvalue weighted by molar-refractivity contribution is -0.145. The topological polar surface area (TPSA) is 38.3 Å². The smallest absolute Gasteiger partial charge is 0.323 e. The molecule has 64 valence electrons. The first-order valence-electron chi connectivity index (χ1n) is 3.78. The van der Waals surface area contributed by atoms with E-state index >= 15 is 0 Å². The Kier molecular flexibility index (Phi) is 2.82. The minimum absolute atomic E-state index is 0.249. The average molecular weight is 161 g/mol. The molecule has 0 saturated carbocycles. The molecule has 2 atom stereocenters. The van der Waals surface area contributed by atoms with E-state index in [1.165, 1.54) is 0 Å². The first-order valence-corrected chi connectivity index (χ1v) is 3.78. The third-order valence-corrected chi connectivity index (χ3v) is 1.65. The van der Waals surface area contributed by atoms with Gasteiger partial charge in [-0.1, -0.05) is 0 Å². The average Bonchev–Trinajstić information content (AvgIpc) is 2.36. The van der Waals surface area contributed by atoms with Crippen molar-refractivity contribution in [2.75, 3.05) is 13.2 Å². The summed E-state index contributed by atoms with van der Waals surface area (Å²) in [6.07, 6.45) is -0.650. The van der Waals surface area contributed by atoms with Crippen LogP contribution >= 0.6 is 0 Å². The van der Waals surface area contributed by atoms with Crippen molar-refractivity contribution in [3.8, 4) is 0 Å². The van der Waals surface area contributed by atoms with E-state index in [9.17, 15) is 9.18 Å². The number of rotatable bonds is 2. The predicted molar refractivity (Wildman–Crippen MR) is 37.9 cm³/mol. The van der Waals surface area contributed by atoms with Crippen LogP contribution in [0.25, 0.3) is 0 Å². The van der Waals surface area contributed by atoms with Gasteiger partial charge in [0, 0.05) is 13.0 Å². The largest absolute Gasteiger partial charge is 0.465 e. The van der Waals surface area contributed by atoms with E-state index in [0.29, 0.717) is 6.61 Å². The summed E-state index contributed by atoms with van der Waals surface area (Å²) in [5.74, 6) is -0.340. The first-order chi connectivity index (χ1) is 5.24. The van der Waals surface area contributed by atoms with E-state index in [2.05, 4.69) is 5.32 Å². The molecule has 1 saturated heterocycles. The molecule has 1 heterocycles. The molecule has 11 heavy (non-hydrogen) atoms. The van der Waals surface area contributed by atoms with Gasteiger partial charge in [-0.25, -0.2) is 4.39 Å². The van der Waals surface area contributed by atoms with Gasteiger partial charge in [0.2, 0.25) is 0 Å². The molecule has 0 unspecified atom stereocenters. The first kappa shape index (κ1) is 8.46. The highest BCUT2D eigenvalue weighted by atomic mass is 19.1. The summed E-state index contributed by atoms with van der Waals surface area (Å²) < 4.78 is 17.2. The molecule has 0 aliphatic carbocycles. The molecule has 1 fully saturated rings. The van der Waals surface area contributed by atoms with Gasteiger partial charge in [0.1, 0.15) is 12.2 Å². The van der Waals surface area contributed by atoms with Crippen LogP contribution in [0, 0.1) is 0 Å². The fraction of sp³-hybridized carbons (Fsp3) is 0.857. The maximum absolute atomic E-state index is 12.5. The second-order valence-corrected chi connectivity index (χ2v) is 2.55. The Morgan fingerprint density at radius 1 is 1.82 bits per heavy atom. The van der Waals surface area contributed by atoms with E-state index in [1.54, 1.807) is 6.92 Å². The molecule has 0 amide bonds. The Morgan fingerprint density at radius 3 is 3.00 bits per heavy atom. The summed E-state index contributed by atoms with van der Waals surface area (Å²) in [7, 11) is 0. The molecule has 1 aliphatic heterocycles. The Morgan fingerprint density at radius 2 is 2.55 bits per heavy atom. The van der Waals surface area contributed by atoms with E-state index in [0.717, 1.165) is 0 Å². The molecule has 0 bridgehead atoms. The third-order valence-electron chi connectivity index (χ3n) is 1.65. The fourth-order valence-corrected chi connectivity index (χ4v) is 1.11. The lowest BCUT2D eigenvalue weighted by atomic mass is 10.2. The molecule has 0 aromatic carbocycles. The maximum Gasteiger partial charge on any atom is 0.323 e. The van der Waals surface area contributed by atoms with Crippen molar-refractivity contribution < 1.29 is 13.9 Å². The number of esters is 1. The minimum atomic E-state index is -0.899. The van der Waals surface area contributed by atoms with Crippen LogP contribution in [0.1, 0.15) is 13.3 Å². The zero-order valence-corrected chi connectivity index (χ0v) is 6.47. The summed E-state index contributed by atoms with van der Waals surface area (Å²) in [5.41, 5.74) is 0. The van der Waals surface area contributed by atoms with Crippen molar-refractivity contribution in [2.45, 2.75) is 25.6 Å². The minimum Gasteiger partial charge on any atom is -0.465 e. The number of alkyl halides is 1. The van der Waals surface area contributed by atoms with Crippen molar-refractivity contribution in [1.29, 1.82) is 0 Å². The lowest BCUT2D eigenvalue weighted by Gasteiger charge is -2.07. The van der Waals surface area contributed by atoms with Gasteiger partial charge >= 0.3 is 5.97 Å². The number of carbonyl (C=O) groups excluding carboxylic acids is 1. The van der Waals surface area contributed by atoms with Crippen LogP contribution in [-0.4, -0.2) is 31.3 Å². The van der Waals surface area contributed by atoms with Crippen molar-refractivity contribution in [1.82, 2.24) is 5.32 Å². The van der Waals surface area contributed by atoms with Gasteiger partial charge in [0.25, 0.3) is 0 Å². The molecule has 3 nitrogen and oxygen atoms in total. The highest BCUT2D eigenvalue weighted by Gasteiger charge is 2.29. The van der Waals surface area contributed by atoms with Crippen LogP contribution in [0.2, 0.25) is 0 Å². The van der Waals surface area contributed by atoms with Gasteiger partial charge in [0.15, 0.2) is 0 Å². The van der Waals surface area contributed by atoms with Crippen LogP contribution in [0.15, 0.2) is 0 Å². The van der Waals surface area contributed by atoms with Crippen molar-refractivity contribution in [3.63, 3.8) is 0 Å². The zero-order chi connectivity index (χ0) is 8.27. The maximum atomic E-state index is 12.5. The summed E-state index contributed by atoms with van der Waals surface area (Å²) in [6.45, 7) is 2.36. The number of hydrogen-bond donors (Lipinski definition) is 1. The molecule has 4 heteroatoms. The SMILES string of the molecule is CCOC(=O)[C@H]1C[C@H](F)CN1. The molecular weight excluding hydrogens is 149 g/mol. The lowest BCUT2D eigenvalue weighted by Crippen LogP contribution is -2.32. The normalized spacial score (nSPS) is 30.4. The molecular formula is C7H12FNO2. The highest BCUT2D eigenvalue weighted by Crippen LogP contribution is 2.10. The van der Waals surface area contributed by atoms with Gasteiger partial charge in [-0.05, 0) is 6.92 Å². The van der Waals surface area contributed by atoms with E-state index in [4.69, 9.17) is 4.74 Å². The Balaban J connectivity index is 2.31. The fourth-order valence-electron chi connectivity index (χ4n) is 1.11. The van der Waals surface area contributed by atoms with Crippen molar-refractivity contribution in [3.05, 3.63) is 0 Å². The molecule has 0 aromatic rings. The molecule has 0 spiro atoms. The van der Waals surface area contributed by atoms with Crippen LogP contribution in [0.5, 0.6) is 0 Å². The zero-order valence-electron chi connectivity index (χ0n) is 6.47. The van der Waals surface area contributed by atoms with Gasteiger partial charge in [0.05, 0.1) is 6.61 Å². The quantitative estimate of drug-likeness (QED) is 0.590. The Bertz CT molecular complexity index is 151. The summed E-state index contributed by atoms with van der Waals surface area (Å²) in [6, 6.07) is -0.426. The number of ether oxygens (including phenoxy) is 1. The highest BCUT2D eigenvalue weighted by molar-refractivity contribution is 5.76. The van der Waals surface area contributed by atoms with Crippen LogP contribution < -0.4 is 5.32 Å². The summed E-state index contributed by atoms with van der Waals surface area (Å²) >= 11 is 0. The Hall–Kier alpha value is -0.640. The van der Waals surface area contributed by atoms with Crippen LogP contribution in [0.3, 0.4) is 0 Å². The van der Waals surface area contributed by atoms with Crippen molar-refractivity contribution >= 4 is 5.97 Å². The predicted octanol–water partition coefficient (Wildman–Crippen LogP) is 0.250. The number of carbonyl (C=O) groups is 1. The summed E-state index contributed by atoms with van der Waals surface area (Å²) in [4.78, 5) is 10.9. The third kappa shape index (κ3) is 2.15. The van der Waals surface area contributed by atoms with Gasteiger partial charge in [-0.15, -0.1) is 0 Å². The molecule has 1 aliphatic rings. The van der Waals surface area contributed by atoms with Crippen LogP contribution in [0.4, 0.5) is 4.39 Å². The number of nitrogens with one attached hydrogen (secondary N) is 1. The molecule has 1 N–H and O–H groups in total. The summed E-state index contributed by atoms with van der Waals surface area (Å²) in [5, 5.41) is 2.74. The number of halogens is 1. The van der Waals surface area contributed by atoms with Crippen molar-refractivity contribution in [2.24, 2.45) is 0 Å². The number of hydrogen-bond acceptors (Lipinski definition) is 3. The van der Waals surface area contributed by atoms with Gasteiger partial charge in [-0.2, -0.15) is 0 Å². The van der Waals surface area contributed by atoms with E-state index in [1.807, 2.05) is 0 Å².